The summed E-state index contributed by atoms with van der Waals surface area (Å²) in [5, 5.41) is 41.7. The maximum absolute atomic E-state index is 11.8. The lowest BCUT2D eigenvalue weighted by atomic mass is 9.46. The van der Waals surface area contributed by atoms with E-state index in [4.69, 9.17) is 0 Å². The molecule has 0 saturated heterocycles. The van der Waals surface area contributed by atoms with Gasteiger partial charge in [0.1, 0.15) is 0 Å². The van der Waals surface area contributed by atoms with Crippen LogP contribution in [-0.4, -0.2) is 44.2 Å². The van der Waals surface area contributed by atoms with Crippen LogP contribution in [0.4, 0.5) is 0 Å². The molecule has 3 unspecified atom stereocenters. The SMILES string of the molecule is C[C@]12CCC(O)CC1=CC[C@@H]1[C@H]2C(O)C[C@@]2(C)[C@H]1CCC2(O)C(=O)O. The molecule has 0 aromatic heterocycles. The fraction of sp³-hybridized carbons (Fsp3) is 0.850. The highest BCUT2D eigenvalue weighted by molar-refractivity contribution is 5.79. The minimum atomic E-state index is -1.74. The Labute approximate surface area is 148 Å². The van der Waals surface area contributed by atoms with Gasteiger partial charge in [-0.2, -0.15) is 0 Å². The van der Waals surface area contributed by atoms with E-state index in [0.29, 0.717) is 19.3 Å². The summed E-state index contributed by atoms with van der Waals surface area (Å²) < 4.78 is 0. The molecule has 3 fully saturated rings. The van der Waals surface area contributed by atoms with Crippen LogP contribution in [0.2, 0.25) is 0 Å². The zero-order valence-electron chi connectivity index (χ0n) is 15.1. The van der Waals surface area contributed by atoms with Crippen molar-refractivity contribution in [3.8, 4) is 0 Å². The Morgan fingerprint density at radius 3 is 2.60 bits per heavy atom. The number of carboxylic acid groups (broad SMARTS) is 1. The fourth-order valence-corrected chi connectivity index (χ4v) is 7.13. The average Bonchev–Trinajstić information content (AvgIpc) is 2.80. The molecule has 4 aliphatic rings. The first kappa shape index (κ1) is 17.5. The van der Waals surface area contributed by atoms with Crippen LogP contribution >= 0.6 is 0 Å². The Morgan fingerprint density at radius 1 is 1.20 bits per heavy atom. The molecule has 0 bridgehead atoms. The average molecular weight is 350 g/mol. The summed E-state index contributed by atoms with van der Waals surface area (Å²) in [5.41, 5.74) is -1.37. The molecule has 0 heterocycles. The molecular formula is C20H30O5. The van der Waals surface area contributed by atoms with Crippen molar-refractivity contribution in [3.05, 3.63) is 11.6 Å². The van der Waals surface area contributed by atoms with Crippen molar-refractivity contribution in [2.75, 3.05) is 0 Å². The number of rotatable bonds is 1. The summed E-state index contributed by atoms with van der Waals surface area (Å²) in [6.07, 6.45) is 5.77. The van der Waals surface area contributed by atoms with E-state index in [1.165, 1.54) is 5.57 Å². The summed E-state index contributed by atoms with van der Waals surface area (Å²) in [5.74, 6) is -0.744. The van der Waals surface area contributed by atoms with Crippen LogP contribution in [-0.2, 0) is 4.79 Å². The van der Waals surface area contributed by atoms with Gasteiger partial charge >= 0.3 is 5.97 Å². The Bertz CT molecular complexity index is 630. The number of allylic oxidation sites excluding steroid dienone is 1. The standard InChI is InChI=1S/C20H30O5/c1-18-7-5-12(21)9-11(18)3-4-13-14-6-8-20(25,17(23)24)19(14,2)10-15(22)16(13)18/h3,12-16,21-22,25H,4-10H2,1-2H3,(H,23,24)/t12?,13-,14-,15?,16-,18-,19-,20?/m0/s1. The number of hydrogen-bond acceptors (Lipinski definition) is 4. The fourth-order valence-electron chi connectivity index (χ4n) is 7.13. The number of aliphatic carboxylic acids is 1. The van der Waals surface area contributed by atoms with Gasteiger partial charge < -0.3 is 20.4 Å². The predicted molar refractivity (Wildman–Crippen MR) is 91.7 cm³/mol. The number of carboxylic acids is 1. The highest BCUT2D eigenvalue weighted by atomic mass is 16.4. The Morgan fingerprint density at radius 2 is 1.92 bits per heavy atom. The van der Waals surface area contributed by atoms with Crippen LogP contribution in [0.5, 0.6) is 0 Å². The van der Waals surface area contributed by atoms with Gasteiger partial charge in [-0.3, -0.25) is 0 Å². The lowest BCUT2D eigenvalue weighted by Gasteiger charge is -2.60. The van der Waals surface area contributed by atoms with E-state index in [1.807, 2.05) is 6.92 Å². The van der Waals surface area contributed by atoms with E-state index in [0.717, 1.165) is 19.3 Å². The molecule has 0 spiro atoms. The Balaban J connectivity index is 1.74. The van der Waals surface area contributed by atoms with E-state index in [2.05, 4.69) is 13.0 Å². The number of hydrogen-bond donors (Lipinski definition) is 4. The molecule has 25 heavy (non-hydrogen) atoms. The summed E-state index contributed by atoms with van der Waals surface area (Å²) in [7, 11) is 0. The van der Waals surface area contributed by atoms with Crippen LogP contribution in [0, 0.1) is 28.6 Å². The topological polar surface area (TPSA) is 98.0 Å². The van der Waals surface area contributed by atoms with Crippen LogP contribution < -0.4 is 0 Å². The second-order valence-corrected chi connectivity index (χ2v) is 9.47. The van der Waals surface area contributed by atoms with Gasteiger partial charge in [-0.1, -0.05) is 25.5 Å². The van der Waals surface area contributed by atoms with Crippen LogP contribution in [0.1, 0.15) is 58.8 Å². The van der Waals surface area contributed by atoms with Gasteiger partial charge in [-0.15, -0.1) is 0 Å². The third-order valence-corrected chi connectivity index (χ3v) is 8.52. The molecule has 4 N–H and O–H groups in total. The minimum absolute atomic E-state index is 0.0919. The summed E-state index contributed by atoms with van der Waals surface area (Å²) >= 11 is 0. The maximum atomic E-state index is 11.8. The van der Waals surface area contributed by atoms with Crippen molar-refractivity contribution in [1.82, 2.24) is 0 Å². The van der Waals surface area contributed by atoms with Gasteiger partial charge in [0, 0.05) is 5.41 Å². The number of fused-ring (bicyclic) bond motifs is 5. The van der Waals surface area contributed by atoms with Crippen LogP contribution in [0.15, 0.2) is 11.6 Å². The molecule has 0 aromatic rings. The van der Waals surface area contributed by atoms with Gasteiger partial charge in [-0.25, -0.2) is 4.79 Å². The van der Waals surface area contributed by atoms with E-state index >= 15 is 0 Å². The second kappa shape index (κ2) is 5.30. The molecule has 4 aliphatic carbocycles. The van der Waals surface area contributed by atoms with Gasteiger partial charge in [0.2, 0.25) is 0 Å². The Kier molecular flexibility index (Phi) is 3.71. The number of aliphatic hydroxyl groups excluding tert-OH is 2. The number of carbonyl (C=O) groups is 1. The van der Waals surface area contributed by atoms with Crippen LogP contribution in [0.3, 0.4) is 0 Å². The Hall–Kier alpha value is -0.910. The minimum Gasteiger partial charge on any atom is -0.479 e. The maximum Gasteiger partial charge on any atom is 0.336 e. The van der Waals surface area contributed by atoms with Gasteiger partial charge in [-0.05, 0) is 68.1 Å². The largest absolute Gasteiger partial charge is 0.479 e. The molecule has 140 valence electrons. The van der Waals surface area contributed by atoms with Crippen molar-refractivity contribution < 1.29 is 25.2 Å². The molecule has 4 rings (SSSR count). The zero-order chi connectivity index (χ0) is 18.2. The van der Waals surface area contributed by atoms with Crippen LogP contribution in [0.25, 0.3) is 0 Å². The summed E-state index contributed by atoms with van der Waals surface area (Å²) in [6, 6.07) is 0. The predicted octanol–water partition coefficient (Wildman–Crippen LogP) is 2.10. The highest BCUT2D eigenvalue weighted by Crippen LogP contribution is 2.67. The number of aliphatic hydroxyl groups is 3. The lowest BCUT2D eigenvalue weighted by Crippen LogP contribution is -2.61. The van der Waals surface area contributed by atoms with Gasteiger partial charge in [0.25, 0.3) is 0 Å². The second-order valence-electron chi connectivity index (χ2n) is 9.47. The summed E-state index contributed by atoms with van der Waals surface area (Å²) in [6.45, 7) is 4.08. The van der Waals surface area contributed by atoms with Crippen molar-refractivity contribution in [2.24, 2.45) is 28.6 Å². The van der Waals surface area contributed by atoms with E-state index < -0.39 is 23.1 Å². The molecule has 5 nitrogen and oxygen atoms in total. The van der Waals surface area contributed by atoms with Crippen molar-refractivity contribution in [3.63, 3.8) is 0 Å². The first-order valence-electron chi connectivity index (χ1n) is 9.65. The van der Waals surface area contributed by atoms with Gasteiger partial charge in [0.15, 0.2) is 5.60 Å². The molecule has 0 aromatic carbocycles. The quantitative estimate of drug-likeness (QED) is 0.543. The van der Waals surface area contributed by atoms with Crippen molar-refractivity contribution in [1.29, 1.82) is 0 Å². The van der Waals surface area contributed by atoms with E-state index in [1.54, 1.807) is 0 Å². The monoisotopic (exact) mass is 350 g/mol. The molecule has 0 aliphatic heterocycles. The van der Waals surface area contributed by atoms with E-state index in [-0.39, 0.29) is 35.7 Å². The molecular weight excluding hydrogens is 320 g/mol. The molecule has 5 heteroatoms. The first-order chi connectivity index (χ1) is 11.6. The normalized spacial score (nSPS) is 54.9. The summed E-state index contributed by atoms with van der Waals surface area (Å²) in [4.78, 5) is 11.8. The third kappa shape index (κ3) is 2.09. The molecule has 8 atom stereocenters. The lowest BCUT2D eigenvalue weighted by molar-refractivity contribution is -0.193. The third-order valence-electron chi connectivity index (χ3n) is 8.52. The molecule has 0 amide bonds. The highest BCUT2D eigenvalue weighted by Gasteiger charge is 2.68. The smallest absolute Gasteiger partial charge is 0.336 e. The van der Waals surface area contributed by atoms with Crippen molar-refractivity contribution in [2.45, 2.75) is 76.6 Å². The molecule has 3 saturated carbocycles. The van der Waals surface area contributed by atoms with Crippen molar-refractivity contribution >= 4 is 5.97 Å². The van der Waals surface area contributed by atoms with E-state index in [9.17, 15) is 25.2 Å². The first-order valence-corrected chi connectivity index (χ1v) is 9.65. The molecule has 0 radical (unpaired) electrons. The zero-order valence-corrected chi connectivity index (χ0v) is 15.1. The van der Waals surface area contributed by atoms with Gasteiger partial charge in [0.05, 0.1) is 12.2 Å².